The van der Waals surface area contributed by atoms with Crippen LogP contribution in [0.3, 0.4) is 0 Å². The first-order chi connectivity index (χ1) is 34.0. The van der Waals surface area contributed by atoms with Crippen molar-refractivity contribution in [1.82, 2.24) is 38.0 Å². The van der Waals surface area contributed by atoms with Crippen LogP contribution in [0.4, 0.5) is 27.8 Å². The maximum absolute atomic E-state index is 13.5. The molecule has 2 aliphatic rings. The lowest BCUT2D eigenvalue weighted by molar-refractivity contribution is 0.0634. The van der Waals surface area contributed by atoms with Gasteiger partial charge in [0.15, 0.2) is 0 Å². The summed E-state index contributed by atoms with van der Waals surface area (Å²) in [5.41, 5.74) is 6.92. The number of aromatic nitrogens is 4. The quantitative estimate of drug-likeness (QED) is 0.104. The van der Waals surface area contributed by atoms with Gasteiger partial charge in [0.25, 0.3) is 11.8 Å². The van der Waals surface area contributed by atoms with Crippen LogP contribution in [0.1, 0.15) is 73.1 Å². The van der Waals surface area contributed by atoms with Gasteiger partial charge in [0, 0.05) is 72.5 Å². The Morgan fingerprint density at radius 1 is 0.703 bits per heavy atom. The molecule has 2 saturated heterocycles. The molecule has 2 aromatic carbocycles. The molecule has 24 nitrogen and oxygen atoms in total. The lowest BCUT2D eigenvalue weighted by Gasteiger charge is -2.29. The number of nitrogens with one attached hydrogen (secondary N) is 5. The summed E-state index contributed by atoms with van der Waals surface area (Å²) in [6.07, 6.45) is 4.84. The first-order valence-electron chi connectivity index (χ1n) is 21.9. The number of anilines is 4. The molecular weight excluding hydrogens is 1090 g/mol. The summed E-state index contributed by atoms with van der Waals surface area (Å²) in [4.78, 5) is 47.1. The molecule has 400 valence electrons. The minimum absolute atomic E-state index is 0. The Balaban J connectivity index is 0.000000242. The number of carbonyl (C=O) groups excluding carboxylic acids is 3. The van der Waals surface area contributed by atoms with Gasteiger partial charge in [-0.15, -0.1) is 0 Å². The monoisotopic (exact) mass is 1140 g/mol. The fraction of sp³-hybridized carbons (Fsp3) is 0.341. The van der Waals surface area contributed by atoms with E-state index in [1.807, 2.05) is 9.44 Å². The van der Waals surface area contributed by atoms with Crippen molar-refractivity contribution in [2.45, 2.75) is 59.7 Å². The van der Waals surface area contributed by atoms with Gasteiger partial charge in [-0.2, -0.15) is 26.3 Å². The van der Waals surface area contributed by atoms with Gasteiger partial charge in [0.05, 0.1) is 34.9 Å². The Morgan fingerprint density at radius 3 is 1.54 bits per heavy atom. The van der Waals surface area contributed by atoms with E-state index in [-0.39, 0.29) is 86.1 Å². The Hall–Kier alpha value is -6.27. The van der Waals surface area contributed by atoms with Crippen molar-refractivity contribution in [3.05, 3.63) is 106 Å². The first-order valence-corrected chi connectivity index (χ1v) is 29.3. The summed E-state index contributed by atoms with van der Waals surface area (Å²) in [6.45, 7) is 5.86. The number of amides is 3. The number of hydrogen-bond acceptors (Lipinski definition) is 15. The second kappa shape index (κ2) is 21.9. The molecule has 2 fully saturated rings. The van der Waals surface area contributed by atoms with Crippen LogP contribution in [0.2, 0.25) is 10.0 Å². The smallest absolute Gasteiger partial charge is 0.413 e. The summed E-state index contributed by atoms with van der Waals surface area (Å²) in [7, 11) is -16.0. The van der Waals surface area contributed by atoms with Gasteiger partial charge in [-0.1, -0.05) is 30.6 Å². The van der Waals surface area contributed by atoms with Crippen LogP contribution in [0, 0.1) is 0 Å². The van der Waals surface area contributed by atoms with Crippen LogP contribution in [0.15, 0.2) is 73.1 Å². The molecule has 4 aromatic heterocycles. The average Bonchev–Trinajstić information content (AvgIpc) is 3.72. The lowest BCUT2D eigenvalue weighted by atomic mass is 10.2. The molecule has 0 bridgehead atoms. The highest BCUT2D eigenvalue weighted by molar-refractivity contribution is 7.91. The van der Waals surface area contributed by atoms with E-state index >= 15 is 0 Å². The first kappa shape index (κ1) is 57.0. The van der Waals surface area contributed by atoms with Gasteiger partial charge in [0.1, 0.15) is 28.6 Å². The van der Waals surface area contributed by atoms with E-state index in [4.69, 9.17) is 33.7 Å². The standard InChI is InChI=1S/C24H29ClN6O7S2.C19H21ClN6O5S2.CH4/c1-24(2,3)38-23(33)28-19-12-15(8-10-26-19)14-30-18-7-6-16(25)13-17(18)20(21(30)22(32)29-39(4,34)35)31-11-5-9-27-40(31,36)37;1-32(28,29)24-19(27)18-17(26-8-2-6-23-33(26,30)31)14-10-13(20)3-4-15(14)25(18)11-12-5-7-22-16(21)9-12;/h6-8,10,12-13,27H,5,9,11,14H2,1-4H3,(H,29,32)(H,26,28,33);3-5,7,9-10,23H,2,6,8,11H2,1H3,(H2,21,22)(H,24,27);1H4. The number of benzene rings is 2. The fourth-order valence-electron chi connectivity index (χ4n) is 8.06. The van der Waals surface area contributed by atoms with E-state index in [0.717, 1.165) is 21.1 Å². The number of nitrogens with two attached hydrogens (primary N) is 1. The molecule has 74 heavy (non-hydrogen) atoms. The van der Waals surface area contributed by atoms with Crippen molar-refractivity contribution >= 4 is 126 Å². The zero-order chi connectivity index (χ0) is 53.4. The van der Waals surface area contributed by atoms with Gasteiger partial charge >= 0.3 is 26.5 Å². The number of fused-ring (bicyclic) bond motifs is 2. The van der Waals surface area contributed by atoms with Crippen molar-refractivity contribution in [1.29, 1.82) is 0 Å². The topological polar surface area (TPSA) is 325 Å². The number of nitrogen functional groups attached to an aromatic ring is 1. The Labute approximate surface area is 438 Å². The van der Waals surface area contributed by atoms with Crippen LogP contribution in [-0.4, -0.2) is 115 Å². The molecule has 7 N–H and O–H groups in total. The van der Waals surface area contributed by atoms with E-state index in [1.165, 1.54) is 23.0 Å². The number of nitrogens with zero attached hydrogens (tertiary/aromatic N) is 6. The minimum atomic E-state index is -4.05. The number of sulfonamides is 2. The summed E-state index contributed by atoms with van der Waals surface area (Å²) >= 11 is 12.5. The summed E-state index contributed by atoms with van der Waals surface area (Å²) in [6, 6.07) is 16.0. The lowest BCUT2D eigenvalue weighted by Crippen LogP contribution is -2.47. The molecule has 6 heterocycles. The molecule has 2 aliphatic heterocycles. The van der Waals surface area contributed by atoms with Crippen molar-refractivity contribution in [3.8, 4) is 0 Å². The normalized spacial score (nSPS) is 15.6. The zero-order valence-corrected chi connectivity index (χ0v) is 44.4. The molecule has 8 rings (SSSR count). The van der Waals surface area contributed by atoms with Gasteiger partial charge < -0.3 is 19.6 Å². The van der Waals surface area contributed by atoms with E-state index in [9.17, 15) is 48.1 Å². The molecule has 6 aromatic rings. The van der Waals surface area contributed by atoms with Crippen molar-refractivity contribution in [3.63, 3.8) is 0 Å². The van der Waals surface area contributed by atoms with Crippen molar-refractivity contribution in [2.24, 2.45) is 0 Å². The van der Waals surface area contributed by atoms with Crippen LogP contribution in [0.25, 0.3) is 21.8 Å². The highest BCUT2D eigenvalue weighted by Crippen LogP contribution is 2.40. The largest absolute Gasteiger partial charge is 0.444 e. The molecule has 3 amide bonds. The SMILES string of the molecule is C.CC(C)(C)OC(=O)Nc1cc(Cn2c(C(=O)NS(C)(=O)=O)c(N3CCCNS3(=O)=O)c3cc(Cl)ccc32)ccn1.CS(=O)(=O)NC(=O)c1c(N2CCCNS2(=O)=O)c2cc(Cl)ccc2n1Cc1ccnc(N)c1. The third kappa shape index (κ3) is 13.5. The number of ether oxygens (including phenoxy) is 1. The Bertz CT molecular complexity index is 3640. The van der Waals surface area contributed by atoms with Gasteiger partial charge in [-0.25, -0.2) is 41.0 Å². The zero-order valence-electron chi connectivity index (χ0n) is 39.6. The number of hydrogen-bond donors (Lipinski definition) is 6. The average molecular weight is 1140 g/mol. The highest BCUT2D eigenvalue weighted by atomic mass is 35.5. The molecular formula is C44H54Cl2N12O12S4. The van der Waals surface area contributed by atoms with E-state index in [2.05, 4.69) is 24.7 Å². The molecule has 0 radical (unpaired) electrons. The number of halogens is 2. The third-order valence-corrected chi connectivity index (χ3v) is 15.3. The van der Waals surface area contributed by atoms with E-state index < -0.39 is 64.0 Å². The molecule has 0 aliphatic carbocycles. The second-order valence-corrected chi connectivity index (χ2v) is 25.4. The molecule has 0 saturated carbocycles. The van der Waals surface area contributed by atoms with Gasteiger partial charge in [-0.05, 0) is 105 Å². The van der Waals surface area contributed by atoms with Crippen LogP contribution >= 0.6 is 23.2 Å². The molecule has 0 atom stereocenters. The van der Waals surface area contributed by atoms with Crippen LogP contribution < -0.4 is 38.5 Å². The summed E-state index contributed by atoms with van der Waals surface area (Å²) in [5.74, 6) is -1.55. The van der Waals surface area contributed by atoms with Gasteiger partial charge in [-0.3, -0.25) is 23.5 Å². The third-order valence-electron chi connectivity index (χ3n) is 10.7. The van der Waals surface area contributed by atoms with Gasteiger partial charge in [0.2, 0.25) is 20.0 Å². The maximum atomic E-state index is 13.5. The summed E-state index contributed by atoms with van der Waals surface area (Å²) in [5, 5.41) is 3.88. The molecule has 0 unspecified atom stereocenters. The van der Waals surface area contributed by atoms with E-state index in [1.54, 1.807) is 79.9 Å². The fourth-order valence-corrected chi connectivity index (χ4v) is 12.0. The minimum Gasteiger partial charge on any atom is -0.444 e. The van der Waals surface area contributed by atoms with Crippen molar-refractivity contribution < 1.29 is 52.8 Å². The van der Waals surface area contributed by atoms with Crippen LogP contribution in [0.5, 0.6) is 0 Å². The maximum Gasteiger partial charge on any atom is 0.413 e. The molecule has 30 heteroatoms. The predicted octanol–water partition coefficient (Wildman–Crippen LogP) is 4.51. The van der Waals surface area contributed by atoms with Crippen molar-refractivity contribution in [2.75, 3.05) is 58.4 Å². The summed E-state index contributed by atoms with van der Waals surface area (Å²) < 4.78 is 119. The highest BCUT2D eigenvalue weighted by Gasteiger charge is 2.37. The van der Waals surface area contributed by atoms with E-state index in [0.29, 0.717) is 50.8 Å². The number of pyridine rings is 2. The predicted molar refractivity (Wildman–Crippen MR) is 284 cm³/mol. The Morgan fingerprint density at radius 2 is 1.14 bits per heavy atom. The number of carbonyl (C=O) groups is 3. The molecule has 0 spiro atoms. The second-order valence-electron chi connectivity index (χ2n) is 17.7. The number of rotatable bonds is 11. The van der Waals surface area contributed by atoms with Crippen LogP contribution in [-0.2, 0) is 58.3 Å². The Kier molecular flexibility index (Phi) is 16.9.